The van der Waals surface area contributed by atoms with Gasteiger partial charge in [0, 0.05) is 56.1 Å². The van der Waals surface area contributed by atoms with Gasteiger partial charge in [-0.2, -0.15) is 13.2 Å². The summed E-state index contributed by atoms with van der Waals surface area (Å²) in [5, 5.41) is 2.56. The van der Waals surface area contributed by atoms with E-state index >= 15 is 4.39 Å². The first-order valence-electron chi connectivity index (χ1n) is 13.7. The van der Waals surface area contributed by atoms with Gasteiger partial charge in [-0.1, -0.05) is 6.08 Å². The largest absolute Gasteiger partial charge is 0.417 e. The number of nitrogens with zero attached hydrogens (tertiary/aromatic N) is 5. The van der Waals surface area contributed by atoms with E-state index < -0.39 is 40.4 Å². The minimum atomic E-state index is -4.96. The van der Waals surface area contributed by atoms with Gasteiger partial charge in [0.1, 0.15) is 5.82 Å². The van der Waals surface area contributed by atoms with Crippen molar-refractivity contribution in [3.8, 4) is 0 Å². The summed E-state index contributed by atoms with van der Waals surface area (Å²) in [4.78, 5) is 40.9. The summed E-state index contributed by atoms with van der Waals surface area (Å²) in [7, 11) is 1.97. The zero-order valence-electron chi connectivity index (χ0n) is 23.7. The second-order valence-corrected chi connectivity index (χ2v) is 10.8. The molecule has 2 aliphatic heterocycles. The highest BCUT2D eigenvalue weighted by molar-refractivity contribution is 6.07. The number of pyridine rings is 1. The van der Waals surface area contributed by atoms with Crippen LogP contribution in [0, 0.1) is 11.6 Å². The summed E-state index contributed by atoms with van der Waals surface area (Å²) < 4.78 is 70.5. The molecule has 1 saturated heterocycles. The number of amides is 1. The number of halogens is 5. The number of carbonyl (C=O) groups is 1. The number of anilines is 3. The van der Waals surface area contributed by atoms with Gasteiger partial charge in [0.2, 0.25) is 11.5 Å². The molecule has 2 atom stereocenters. The molecule has 0 spiro atoms. The molecular weight excluding hydrogens is 573 g/mol. The highest BCUT2D eigenvalue weighted by atomic mass is 19.4. The van der Waals surface area contributed by atoms with E-state index in [0.717, 1.165) is 18.6 Å². The van der Waals surface area contributed by atoms with E-state index in [-0.39, 0.29) is 35.8 Å². The lowest BCUT2D eigenvalue weighted by Crippen LogP contribution is -2.55. The molecule has 9 nitrogen and oxygen atoms in total. The predicted octanol–water partition coefficient (Wildman–Crippen LogP) is 4.54. The van der Waals surface area contributed by atoms with Crippen LogP contribution in [0.4, 0.5) is 39.3 Å². The number of benzene rings is 1. The van der Waals surface area contributed by atoms with E-state index in [2.05, 4.69) is 25.2 Å². The zero-order valence-corrected chi connectivity index (χ0v) is 23.7. The maximum atomic E-state index is 15.9. The standard InChI is InChI=1S/C29H30F5N7O2/c1-16-13-41(14-17(2)39(16)3)25-9-23(31)20(18-5-4-6-40(15-18)28-36-10-19(30)11-37-28)7-24(25)38-27(43)21-12-35-26(42)8-22(21)29(32,33)34/h5,7-12,16-17H,4,6,13-15H2,1-3H3,(H,35,42)(H,38,43)/t16-,17+. The number of hydrogen-bond donors (Lipinski definition) is 2. The number of carbonyl (C=O) groups excluding carboxylic acids is 1. The highest BCUT2D eigenvalue weighted by Gasteiger charge is 2.36. The van der Waals surface area contributed by atoms with Crippen LogP contribution >= 0.6 is 0 Å². The quantitative estimate of drug-likeness (QED) is 0.414. The third-order valence-corrected chi connectivity index (χ3v) is 7.89. The van der Waals surface area contributed by atoms with Gasteiger partial charge < -0.3 is 20.1 Å². The van der Waals surface area contributed by atoms with Gasteiger partial charge in [0.05, 0.1) is 34.9 Å². The number of nitrogens with one attached hydrogen (secondary N) is 2. The summed E-state index contributed by atoms with van der Waals surface area (Å²) in [6.07, 6.45) is 0.153. The molecule has 1 aromatic carbocycles. The molecule has 2 aromatic heterocycles. The summed E-state index contributed by atoms with van der Waals surface area (Å²) in [5.74, 6) is -2.03. The number of likely N-dealkylation sites (N-methyl/N-ethyl adjacent to an activating group) is 1. The van der Waals surface area contributed by atoms with Crippen LogP contribution in [-0.4, -0.2) is 71.1 Å². The van der Waals surface area contributed by atoms with Gasteiger partial charge in [-0.15, -0.1) is 0 Å². The number of H-pyrrole nitrogens is 1. The third-order valence-electron chi connectivity index (χ3n) is 7.89. The molecule has 14 heteroatoms. The minimum absolute atomic E-state index is 0.0661. The van der Waals surface area contributed by atoms with Crippen LogP contribution in [-0.2, 0) is 6.18 Å². The third kappa shape index (κ3) is 6.38. The normalized spacial score (nSPS) is 19.8. The molecule has 0 bridgehead atoms. The van der Waals surface area contributed by atoms with Crippen LogP contribution in [0.25, 0.3) is 5.57 Å². The Labute approximate surface area is 244 Å². The van der Waals surface area contributed by atoms with Crippen molar-refractivity contribution in [2.75, 3.05) is 48.3 Å². The molecule has 0 aliphatic carbocycles. The fourth-order valence-corrected chi connectivity index (χ4v) is 5.43. The molecule has 2 N–H and O–H groups in total. The summed E-state index contributed by atoms with van der Waals surface area (Å²) >= 11 is 0. The molecule has 5 rings (SSSR count). The Balaban J connectivity index is 1.55. The molecule has 0 saturated carbocycles. The van der Waals surface area contributed by atoms with Crippen molar-refractivity contribution >= 4 is 28.8 Å². The summed E-state index contributed by atoms with van der Waals surface area (Å²) in [6, 6.07) is 3.15. The lowest BCUT2D eigenvalue weighted by molar-refractivity contribution is -0.138. The van der Waals surface area contributed by atoms with Crippen molar-refractivity contribution in [3.05, 3.63) is 81.5 Å². The first-order chi connectivity index (χ1) is 20.3. The molecule has 2 aliphatic rings. The van der Waals surface area contributed by atoms with Crippen LogP contribution in [0.3, 0.4) is 0 Å². The van der Waals surface area contributed by atoms with E-state index in [0.29, 0.717) is 43.4 Å². The van der Waals surface area contributed by atoms with E-state index in [1.807, 2.05) is 31.9 Å². The Morgan fingerprint density at radius 3 is 2.37 bits per heavy atom. The number of aromatic amines is 1. The van der Waals surface area contributed by atoms with Crippen molar-refractivity contribution in [2.45, 2.75) is 38.5 Å². The van der Waals surface area contributed by atoms with Crippen LogP contribution in [0.2, 0.25) is 0 Å². The molecule has 0 unspecified atom stereocenters. The number of piperazine rings is 1. The lowest BCUT2D eigenvalue weighted by atomic mass is 9.98. The number of aromatic nitrogens is 3. The predicted molar refractivity (Wildman–Crippen MR) is 152 cm³/mol. The van der Waals surface area contributed by atoms with Crippen molar-refractivity contribution < 1.29 is 26.7 Å². The summed E-state index contributed by atoms with van der Waals surface area (Å²) in [5.41, 5.74) is -2.06. The Kier molecular flexibility index (Phi) is 8.23. The van der Waals surface area contributed by atoms with Crippen molar-refractivity contribution in [2.24, 2.45) is 0 Å². The topological polar surface area (TPSA) is 97.5 Å². The molecule has 43 heavy (non-hydrogen) atoms. The average Bonchev–Trinajstić information content (AvgIpc) is 2.96. The Bertz CT molecular complexity index is 1590. The van der Waals surface area contributed by atoms with Crippen LogP contribution in [0.15, 0.2) is 47.7 Å². The molecule has 228 valence electrons. The van der Waals surface area contributed by atoms with Crippen LogP contribution in [0.1, 0.15) is 41.8 Å². The molecule has 1 amide bonds. The van der Waals surface area contributed by atoms with E-state index in [1.165, 1.54) is 12.1 Å². The zero-order chi connectivity index (χ0) is 31.1. The van der Waals surface area contributed by atoms with Gasteiger partial charge in [-0.3, -0.25) is 14.5 Å². The summed E-state index contributed by atoms with van der Waals surface area (Å²) in [6.45, 7) is 5.64. The van der Waals surface area contributed by atoms with Gasteiger partial charge in [0.15, 0.2) is 5.82 Å². The van der Waals surface area contributed by atoms with Crippen molar-refractivity contribution in [1.29, 1.82) is 0 Å². The fourth-order valence-electron chi connectivity index (χ4n) is 5.43. The van der Waals surface area contributed by atoms with Crippen molar-refractivity contribution in [3.63, 3.8) is 0 Å². The van der Waals surface area contributed by atoms with Gasteiger partial charge in [-0.05, 0) is 45.0 Å². The first-order valence-corrected chi connectivity index (χ1v) is 13.7. The monoisotopic (exact) mass is 603 g/mol. The Morgan fingerprint density at radius 1 is 1.05 bits per heavy atom. The second kappa shape index (κ2) is 11.7. The maximum Gasteiger partial charge on any atom is 0.417 e. The van der Waals surface area contributed by atoms with Gasteiger partial charge in [0.25, 0.3) is 5.91 Å². The second-order valence-electron chi connectivity index (χ2n) is 10.8. The average molecular weight is 604 g/mol. The maximum absolute atomic E-state index is 15.9. The Hall–Kier alpha value is -4.33. The first kappa shape index (κ1) is 30.1. The molecule has 1 fully saturated rings. The molecule has 0 radical (unpaired) electrons. The van der Waals surface area contributed by atoms with Crippen LogP contribution < -0.4 is 20.7 Å². The number of rotatable bonds is 5. The van der Waals surface area contributed by atoms with E-state index in [9.17, 15) is 27.2 Å². The molecular formula is C29H30F5N7O2. The highest BCUT2D eigenvalue weighted by Crippen LogP contribution is 2.37. The van der Waals surface area contributed by atoms with E-state index in [4.69, 9.17) is 0 Å². The smallest absolute Gasteiger partial charge is 0.367 e. The van der Waals surface area contributed by atoms with Gasteiger partial charge in [-0.25, -0.2) is 18.7 Å². The SMILES string of the molecule is C[C@@H]1CN(c2cc(F)c(C3=CCCN(c4ncc(F)cn4)C3)cc2NC(=O)c2c[nH]c(=O)cc2C(F)(F)F)C[C@H](C)N1C. The van der Waals surface area contributed by atoms with Crippen molar-refractivity contribution in [1.82, 2.24) is 19.9 Å². The Morgan fingerprint density at radius 2 is 1.72 bits per heavy atom. The van der Waals surface area contributed by atoms with E-state index in [1.54, 1.807) is 4.90 Å². The number of alkyl halides is 3. The lowest BCUT2D eigenvalue weighted by Gasteiger charge is -2.44. The minimum Gasteiger partial charge on any atom is -0.367 e. The van der Waals surface area contributed by atoms with Gasteiger partial charge >= 0.3 is 6.18 Å². The van der Waals surface area contributed by atoms with Crippen LogP contribution in [0.5, 0.6) is 0 Å². The molecule has 4 heterocycles. The fraction of sp³-hybridized carbons (Fsp3) is 0.379. The number of hydrogen-bond acceptors (Lipinski definition) is 7. The molecule has 3 aromatic rings.